The highest BCUT2D eigenvalue weighted by molar-refractivity contribution is 6.04. The summed E-state index contributed by atoms with van der Waals surface area (Å²) in [5, 5.41) is 11.7. The van der Waals surface area contributed by atoms with Crippen molar-refractivity contribution in [2.24, 2.45) is 0 Å². The molecule has 0 aliphatic carbocycles. The van der Waals surface area contributed by atoms with E-state index in [0.29, 0.717) is 16.8 Å². The van der Waals surface area contributed by atoms with Crippen LogP contribution in [-0.4, -0.2) is 17.4 Å². The molecule has 1 heterocycles. The van der Waals surface area contributed by atoms with Gasteiger partial charge in [0.2, 0.25) is 0 Å². The summed E-state index contributed by atoms with van der Waals surface area (Å²) >= 11 is 0. The minimum Gasteiger partial charge on any atom is -0.327 e. The van der Waals surface area contributed by atoms with Gasteiger partial charge in [-0.15, -0.1) is 0 Å². The summed E-state index contributed by atoms with van der Waals surface area (Å²) in [5.74, 6) is 0.499. The van der Waals surface area contributed by atoms with E-state index in [2.05, 4.69) is 27.3 Å². The fraction of sp³-hybridized carbons (Fsp3) is 0.136. The highest BCUT2D eigenvalue weighted by atomic mass is 16.1. The Labute approximate surface area is 158 Å². The number of carbonyl (C=O) groups excluding carboxylic acids is 1. The van der Waals surface area contributed by atoms with Gasteiger partial charge in [0.15, 0.2) is 0 Å². The molecule has 134 valence electrons. The van der Waals surface area contributed by atoms with Gasteiger partial charge in [-0.2, -0.15) is 5.26 Å². The number of benzene rings is 2. The molecule has 2 aromatic carbocycles. The van der Waals surface area contributed by atoms with Gasteiger partial charge in [-0.05, 0) is 67.9 Å². The first-order valence-electron chi connectivity index (χ1n) is 8.72. The minimum absolute atomic E-state index is 0.219. The monoisotopic (exact) mass is 356 g/mol. The SMILES string of the molecule is CCN(c1cccc(C)c1)c1cc(C(=O)Nc2ccc(C#N)cc2)ccn1. The van der Waals surface area contributed by atoms with Crippen LogP contribution in [0.3, 0.4) is 0 Å². The molecule has 5 heteroatoms. The summed E-state index contributed by atoms with van der Waals surface area (Å²) in [5.41, 5.74) is 3.92. The van der Waals surface area contributed by atoms with Gasteiger partial charge >= 0.3 is 0 Å². The molecule has 5 nitrogen and oxygen atoms in total. The molecule has 0 saturated heterocycles. The van der Waals surface area contributed by atoms with Gasteiger partial charge in [0.25, 0.3) is 5.91 Å². The van der Waals surface area contributed by atoms with Gasteiger partial charge < -0.3 is 10.2 Å². The van der Waals surface area contributed by atoms with Crippen LogP contribution >= 0.6 is 0 Å². The molecule has 0 saturated carbocycles. The van der Waals surface area contributed by atoms with Crippen LogP contribution in [-0.2, 0) is 0 Å². The zero-order valence-electron chi connectivity index (χ0n) is 15.3. The molecule has 1 N–H and O–H groups in total. The van der Waals surface area contributed by atoms with Crippen molar-refractivity contribution < 1.29 is 4.79 Å². The quantitative estimate of drug-likeness (QED) is 0.721. The van der Waals surface area contributed by atoms with Crippen LogP contribution in [0.2, 0.25) is 0 Å². The Morgan fingerprint density at radius 2 is 1.93 bits per heavy atom. The van der Waals surface area contributed by atoms with Crippen LogP contribution in [0.15, 0.2) is 66.9 Å². The molecule has 3 rings (SSSR count). The first-order chi connectivity index (χ1) is 13.1. The molecule has 0 unspecified atom stereocenters. The van der Waals surface area contributed by atoms with Gasteiger partial charge in [-0.3, -0.25) is 4.79 Å². The molecule has 0 aliphatic heterocycles. The van der Waals surface area contributed by atoms with Gasteiger partial charge in [-0.1, -0.05) is 12.1 Å². The molecule has 0 fully saturated rings. The van der Waals surface area contributed by atoms with Crippen LogP contribution < -0.4 is 10.2 Å². The van der Waals surface area contributed by atoms with Crippen molar-refractivity contribution >= 4 is 23.1 Å². The molecular weight excluding hydrogens is 336 g/mol. The lowest BCUT2D eigenvalue weighted by Crippen LogP contribution is -2.19. The number of nitriles is 1. The molecule has 0 spiro atoms. The number of hydrogen-bond acceptors (Lipinski definition) is 4. The number of pyridine rings is 1. The predicted octanol–water partition coefficient (Wildman–Crippen LogP) is 4.67. The average molecular weight is 356 g/mol. The number of amides is 1. The second-order valence-electron chi connectivity index (χ2n) is 6.13. The van der Waals surface area contributed by atoms with Crippen molar-refractivity contribution in [3.05, 3.63) is 83.6 Å². The van der Waals surface area contributed by atoms with Crippen molar-refractivity contribution in [3.8, 4) is 6.07 Å². The number of anilines is 3. The lowest BCUT2D eigenvalue weighted by molar-refractivity contribution is 0.102. The van der Waals surface area contributed by atoms with Crippen LogP contribution in [0.1, 0.15) is 28.4 Å². The van der Waals surface area contributed by atoms with E-state index >= 15 is 0 Å². The normalized spacial score (nSPS) is 10.1. The largest absolute Gasteiger partial charge is 0.327 e. The third-order valence-corrected chi connectivity index (χ3v) is 4.19. The van der Waals surface area contributed by atoms with E-state index in [0.717, 1.165) is 18.1 Å². The molecule has 3 aromatic rings. The number of nitrogens with one attached hydrogen (secondary N) is 1. The maximum atomic E-state index is 12.6. The zero-order chi connectivity index (χ0) is 19.2. The molecule has 0 atom stereocenters. The summed E-state index contributed by atoms with van der Waals surface area (Å²) in [6.07, 6.45) is 1.64. The number of hydrogen-bond donors (Lipinski definition) is 1. The Bertz CT molecular complexity index is 990. The Hall–Kier alpha value is -3.65. The van der Waals surface area contributed by atoms with E-state index in [1.165, 1.54) is 5.56 Å². The highest BCUT2D eigenvalue weighted by Crippen LogP contribution is 2.25. The maximum Gasteiger partial charge on any atom is 0.255 e. The third-order valence-electron chi connectivity index (χ3n) is 4.19. The second-order valence-corrected chi connectivity index (χ2v) is 6.13. The molecule has 1 aromatic heterocycles. The topological polar surface area (TPSA) is 69.0 Å². The number of carbonyl (C=O) groups is 1. The Morgan fingerprint density at radius 3 is 2.59 bits per heavy atom. The third kappa shape index (κ3) is 4.31. The lowest BCUT2D eigenvalue weighted by atomic mass is 10.2. The number of rotatable bonds is 5. The molecule has 27 heavy (non-hydrogen) atoms. The maximum absolute atomic E-state index is 12.6. The smallest absolute Gasteiger partial charge is 0.255 e. The van der Waals surface area contributed by atoms with E-state index in [9.17, 15) is 4.79 Å². The van der Waals surface area contributed by atoms with Crippen LogP contribution in [0.5, 0.6) is 0 Å². The van der Waals surface area contributed by atoms with Crippen LogP contribution in [0.25, 0.3) is 0 Å². The second kappa shape index (κ2) is 8.15. The molecular formula is C22H20N4O. The van der Waals surface area contributed by atoms with Crippen molar-refractivity contribution in [2.45, 2.75) is 13.8 Å². The summed E-state index contributed by atoms with van der Waals surface area (Å²) < 4.78 is 0. The molecule has 0 aliphatic rings. The number of nitrogens with zero attached hydrogens (tertiary/aromatic N) is 3. The van der Waals surface area contributed by atoms with Crippen molar-refractivity contribution in [2.75, 3.05) is 16.8 Å². The number of aromatic nitrogens is 1. The van der Waals surface area contributed by atoms with Crippen molar-refractivity contribution in [1.29, 1.82) is 5.26 Å². The minimum atomic E-state index is -0.219. The van der Waals surface area contributed by atoms with Crippen molar-refractivity contribution in [3.63, 3.8) is 0 Å². The zero-order valence-corrected chi connectivity index (χ0v) is 15.3. The van der Waals surface area contributed by atoms with E-state index in [1.807, 2.05) is 32.0 Å². The van der Waals surface area contributed by atoms with Gasteiger partial charge in [0, 0.05) is 29.7 Å². The van der Waals surface area contributed by atoms with E-state index in [4.69, 9.17) is 5.26 Å². The fourth-order valence-corrected chi connectivity index (χ4v) is 2.81. The first-order valence-corrected chi connectivity index (χ1v) is 8.72. The van der Waals surface area contributed by atoms with Crippen LogP contribution in [0, 0.1) is 18.3 Å². The Morgan fingerprint density at radius 1 is 1.15 bits per heavy atom. The van der Waals surface area contributed by atoms with Crippen LogP contribution in [0.4, 0.5) is 17.2 Å². The molecule has 0 radical (unpaired) electrons. The molecule has 0 bridgehead atoms. The molecule has 1 amide bonds. The van der Waals surface area contributed by atoms with Gasteiger partial charge in [0.1, 0.15) is 5.82 Å². The van der Waals surface area contributed by atoms with Crippen molar-refractivity contribution in [1.82, 2.24) is 4.98 Å². The Kier molecular flexibility index (Phi) is 5.48. The first kappa shape index (κ1) is 18.2. The van der Waals surface area contributed by atoms with Gasteiger partial charge in [0.05, 0.1) is 11.6 Å². The van der Waals surface area contributed by atoms with E-state index in [-0.39, 0.29) is 5.91 Å². The highest BCUT2D eigenvalue weighted by Gasteiger charge is 2.13. The summed E-state index contributed by atoms with van der Waals surface area (Å²) in [7, 11) is 0. The predicted molar refractivity (Wildman–Crippen MR) is 107 cm³/mol. The lowest BCUT2D eigenvalue weighted by Gasteiger charge is -2.23. The summed E-state index contributed by atoms with van der Waals surface area (Å²) in [4.78, 5) is 19.1. The Balaban J connectivity index is 1.83. The van der Waals surface area contributed by atoms with Gasteiger partial charge in [-0.25, -0.2) is 4.98 Å². The van der Waals surface area contributed by atoms with E-state index < -0.39 is 0 Å². The standard InChI is InChI=1S/C22H20N4O/c1-3-26(20-6-4-5-16(2)13-20)21-14-18(11-12-24-21)22(27)25-19-9-7-17(15-23)8-10-19/h4-14H,3H2,1-2H3,(H,25,27). The summed E-state index contributed by atoms with van der Waals surface area (Å²) in [6, 6.07) is 20.5. The average Bonchev–Trinajstić information content (AvgIpc) is 2.69. The summed E-state index contributed by atoms with van der Waals surface area (Å²) in [6.45, 7) is 4.83. The number of aryl methyl sites for hydroxylation is 1. The fourth-order valence-electron chi connectivity index (χ4n) is 2.81. The van der Waals surface area contributed by atoms with E-state index in [1.54, 1.807) is 42.6 Å².